The molecule has 0 heterocycles. The molecule has 0 fully saturated rings. The fraction of sp³-hybridized carbons (Fsp3) is 0.154. The molecule has 0 spiro atoms. The van der Waals surface area contributed by atoms with Crippen molar-refractivity contribution in [3.8, 4) is 0 Å². The fourth-order valence-corrected chi connectivity index (χ4v) is 1.16. The van der Waals surface area contributed by atoms with Crippen LogP contribution in [-0.4, -0.2) is 11.1 Å². The van der Waals surface area contributed by atoms with E-state index in [1.807, 2.05) is 37.3 Å². The quantitative estimate of drug-likeness (QED) is 0.469. The van der Waals surface area contributed by atoms with Crippen LogP contribution >= 0.6 is 0 Å². The van der Waals surface area contributed by atoms with Crippen molar-refractivity contribution in [3.63, 3.8) is 0 Å². The summed E-state index contributed by atoms with van der Waals surface area (Å²) in [5.41, 5.74) is 1.00. The maximum absolute atomic E-state index is 10.5. The molecule has 0 saturated heterocycles. The summed E-state index contributed by atoms with van der Waals surface area (Å²) in [6.45, 7) is 2.17. The van der Waals surface area contributed by atoms with Crippen molar-refractivity contribution >= 4 is 5.97 Å². The van der Waals surface area contributed by atoms with Crippen LogP contribution in [0.3, 0.4) is 0 Å². The number of carbonyl (C=O) groups is 1. The van der Waals surface area contributed by atoms with Gasteiger partial charge in [-0.3, -0.25) is 0 Å². The Morgan fingerprint density at radius 3 is 2.62 bits per heavy atom. The summed E-state index contributed by atoms with van der Waals surface area (Å²) in [6.07, 6.45) is 4.40. The van der Waals surface area contributed by atoms with Crippen molar-refractivity contribution in [3.05, 3.63) is 59.9 Å². The Hall–Kier alpha value is -2.03. The predicted octanol–water partition coefficient (Wildman–Crippen LogP) is 2.75. The van der Waals surface area contributed by atoms with E-state index in [4.69, 9.17) is 9.84 Å². The van der Waals surface area contributed by atoms with Crippen LogP contribution in [-0.2, 0) is 16.1 Å². The van der Waals surface area contributed by atoms with Gasteiger partial charge in [-0.25, -0.2) is 4.79 Å². The SMILES string of the molecule is C/C=C\C(=C/C(=O)O)OCc1ccccc1. The van der Waals surface area contributed by atoms with Gasteiger partial charge in [-0.2, -0.15) is 0 Å². The molecule has 0 atom stereocenters. The minimum Gasteiger partial charge on any atom is -0.489 e. The zero-order valence-corrected chi connectivity index (χ0v) is 9.09. The van der Waals surface area contributed by atoms with Crippen LogP contribution < -0.4 is 0 Å². The minimum absolute atomic E-state index is 0.346. The van der Waals surface area contributed by atoms with Gasteiger partial charge in [-0.05, 0) is 18.6 Å². The third kappa shape index (κ3) is 4.46. The molecule has 3 nitrogen and oxygen atoms in total. The lowest BCUT2D eigenvalue weighted by Crippen LogP contribution is -1.96. The number of benzene rings is 1. The van der Waals surface area contributed by atoms with Crippen LogP contribution in [0.5, 0.6) is 0 Å². The number of rotatable bonds is 5. The number of carboxylic acid groups (broad SMARTS) is 1. The second kappa shape index (κ2) is 6.45. The molecule has 84 valence electrons. The molecule has 0 radical (unpaired) electrons. The highest BCUT2D eigenvalue weighted by atomic mass is 16.5. The molecule has 0 amide bonds. The maximum Gasteiger partial charge on any atom is 0.332 e. The van der Waals surface area contributed by atoms with Crippen molar-refractivity contribution in [1.29, 1.82) is 0 Å². The van der Waals surface area contributed by atoms with Crippen LogP contribution in [0.15, 0.2) is 54.3 Å². The number of aliphatic carboxylic acids is 1. The van der Waals surface area contributed by atoms with Crippen LogP contribution in [0, 0.1) is 0 Å². The van der Waals surface area contributed by atoms with Gasteiger partial charge in [-0.15, -0.1) is 0 Å². The summed E-state index contributed by atoms with van der Waals surface area (Å²) >= 11 is 0. The molecule has 0 unspecified atom stereocenters. The predicted molar refractivity (Wildman–Crippen MR) is 61.8 cm³/mol. The Morgan fingerprint density at radius 1 is 1.38 bits per heavy atom. The first-order valence-corrected chi connectivity index (χ1v) is 4.96. The molecule has 0 aliphatic heterocycles. The first-order valence-electron chi connectivity index (χ1n) is 4.96. The van der Waals surface area contributed by atoms with Gasteiger partial charge in [0.15, 0.2) is 0 Å². The van der Waals surface area contributed by atoms with Crippen molar-refractivity contribution in [2.24, 2.45) is 0 Å². The fourth-order valence-electron chi connectivity index (χ4n) is 1.16. The van der Waals surface area contributed by atoms with Gasteiger partial charge in [0.05, 0.1) is 6.08 Å². The van der Waals surface area contributed by atoms with Crippen molar-refractivity contribution in [1.82, 2.24) is 0 Å². The Morgan fingerprint density at radius 2 is 2.06 bits per heavy atom. The first-order chi connectivity index (χ1) is 7.72. The van der Waals surface area contributed by atoms with Crippen molar-refractivity contribution in [2.75, 3.05) is 0 Å². The molecule has 0 bridgehead atoms. The van der Waals surface area contributed by atoms with E-state index in [0.29, 0.717) is 12.4 Å². The topological polar surface area (TPSA) is 46.5 Å². The van der Waals surface area contributed by atoms with Crippen molar-refractivity contribution in [2.45, 2.75) is 13.5 Å². The monoisotopic (exact) mass is 218 g/mol. The molecule has 1 aromatic carbocycles. The maximum atomic E-state index is 10.5. The molecule has 3 heteroatoms. The third-order valence-corrected chi connectivity index (χ3v) is 1.84. The Labute approximate surface area is 94.7 Å². The summed E-state index contributed by atoms with van der Waals surface area (Å²) in [4.78, 5) is 10.5. The summed E-state index contributed by atoms with van der Waals surface area (Å²) in [5.74, 6) is -0.667. The highest BCUT2D eigenvalue weighted by molar-refractivity contribution is 5.80. The summed E-state index contributed by atoms with van der Waals surface area (Å²) in [5, 5.41) is 8.62. The molecule has 16 heavy (non-hydrogen) atoms. The van der Waals surface area contributed by atoms with Gasteiger partial charge in [0.2, 0.25) is 0 Å². The highest BCUT2D eigenvalue weighted by Crippen LogP contribution is 2.07. The van der Waals surface area contributed by atoms with E-state index in [0.717, 1.165) is 11.6 Å². The van der Waals surface area contributed by atoms with E-state index < -0.39 is 5.97 Å². The lowest BCUT2D eigenvalue weighted by Gasteiger charge is -2.06. The van der Waals surface area contributed by atoms with E-state index >= 15 is 0 Å². The van der Waals surface area contributed by atoms with Gasteiger partial charge >= 0.3 is 5.97 Å². The number of hydrogen-bond donors (Lipinski definition) is 1. The molecule has 0 aromatic heterocycles. The molecular weight excluding hydrogens is 204 g/mol. The number of hydrogen-bond acceptors (Lipinski definition) is 2. The van der Waals surface area contributed by atoms with E-state index in [2.05, 4.69) is 0 Å². The minimum atomic E-state index is -1.01. The average Bonchev–Trinajstić information content (AvgIpc) is 2.27. The normalized spacial score (nSPS) is 11.7. The molecule has 1 rings (SSSR count). The van der Waals surface area contributed by atoms with Gasteiger partial charge in [0.1, 0.15) is 12.4 Å². The lowest BCUT2D eigenvalue weighted by atomic mass is 10.2. The largest absolute Gasteiger partial charge is 0.489 e. The average molecular weight is 218 g/mol. The van der Waals surface area contributed by atoms with Crippen molar-refractivity contribution < 1.29 is 14.6 Å². The Kier molecular flexibility index (Phi) is 4.86. The van der Waals surface area contributed by atoms with Crippen LogP contribution in [0.25, 0.3) is 0 Å². The lowest BCUT2D eigenvalue weighted by molar-refractivity contribution is -0.131. The molecule has 0 aliphatic carbocycles. The Bertz CT molecular complexity index is 391. The molecular formula is C13H14O3. The molecule has 0 saturated carbocycles. The standard InChI is InChI=1S/C13H14O3/c1-2-6-12(9-13(14)15)16-10-11-7-4-3-5-8-11/h2-9H,10H2,1H3,(H,14,15)/b6-2-,12-9+. The molecule has 0 aliphatic rings. The van der Waals surface area contributed by atoms with Gasteiger partial charge in [0, 0.05) is 0 Å². The number of allylic oxidation sites excluding steroid dienone is 2. The third-order valence-electron chi connectivity index (χ3n) is 1.84. The summed E-state index contributed by atoms with van der Waals surface area (Å²) < 4.78 is 5.37. The van der Waals surface area contributed by atoms with Gasteiger partial charge in [-0.1, -0.05) is 36.4 Å². The van der Waals surface area contributed by atoms with Crippen LogP contribution in [0.4, 0.5) is 0 Å². The van der Waals surface area contributed by atoms with E-state index in [9.17, 15) is 4.79 Å². The van der Waals surface area contributed by atoms with E-state index in [1.165, 1.54) is 0 Å². The summed E-state index contributed by atoms with van der Waals surface area (Å²) in [7, 11) is 0. The van der Waals surface area contributed by atoms with Gasteiger partial charge in [0.25, 0.3) is 0 Å². The molecule has 1 aromatic rings. The van der Waals surface area contributed by atoms with E-state index in [-0.39, 0.29) is 0 Å². The Balaban J connectivity index is 2.61. The summed E-state index contributed by atoms with van der Waals surface area (Å²) in [6, 6.07) is 9.59. The zero-order valence-electron chi connectivity index (χ0n) is 9.09. The number of carboxylic acids is 1. The first kappa shape index (κ1) is 12.0. The van der Waals surface area contributed by atoms with Gasteiger partial charge < -0.3 is 9.84 Å². The number of ether oxygens (including phenoxy) is 1. The smallest absolute Gasteiger partial charge is 0.332 e. The molecule has 1 N–H and O–H groups in total. The van der Waals surface area contributed by atoms with Crippen LogP contribution in [0.1, 0.15) is 12.5 Å². The van der Waals surface area contributed by atoms with Crippen LogP contribution in [0.2, 0.25) is 0 Å². The highest BCUT2D eigenvalue weighted by Gasteiger charge is 1.98. The van der Waals surface area contributed by atoms with E-state index in [1.54, 1.807) is 12.2 Å². The zero-order chi connectivity index (χ0) is 11.8. The second-order valence-electron chi connectivity index (χ2n) is 3.16. The second-order valence-corrected chi connectivity index (χ2v) is 3.16.